The molecule has 6 nitrogen and oxygen atoms in total. The third-order valence-electron chi connectivity index (χ3n) is 3.44. The van der Waals surface area contributed by atoms with Crippen molar-refractivity contribution in [3.05, 3.63) is 46.4 Å². The first-order chi connectivity index (χ1) is 11.5. The van der Waals surface area contributed by atoms with Crippen molar-refractivity contribution < 1.29 is 19.1 Å². The Labute approximate surface area is 147 Å². The lowest BCUT2D eigenvalue weighted by Crippen LogP contribution is -2.29. The summed E-state index contributed by atoms with van der Waals surface area (Å²) in [6, 6.07) is 10.3. The molecule has 0 aromatic heterocycles. The van der Waals surface area contributed by atoms with Crippen molar-refractivity contribution in [2.75, 3.05) is 23.8 Å². The zero-order valence-electron chi connectivity index (χ0n) is 12.9. The van der Waals surface area contributed by atoms with Crippen LogP contribution in [0.2, 0.25) is 0 Å². The van der Waals surface area contributed by atoms with E-state index >= 15 is 0 Å². The van der Waals surface area contributed by atoms with Crippen LogP contribution in [-0.2, 0) is 9.59 Å². The number of rotatable bonds is 2. The number of ether oxygens (including phenoxy) is 2. The Morgan fingerprint density at radius 1 is 0.917 bits per heavy atom. The molecule has 2 aromatic rings. The van der Waals surface area contributed by atoms with Crippen molar-refractivity contribution in [1.29, 1.82) is 0 Å². The fourth-order valence-electron chi connectivity index (χ4n) is 2.17. The van der Waals surface area contributed by atoms with Crippen molar-refractivity contribution in [3.63, 3.8) is 0 Å². The summed E-state index contributed by atoms with van der Waals surface area (Å²) in [5.74, 6) is -0.348. The van der Waals surface area contributed by atoms with E-state index in [2.05, 4.69) is 26.6 Å². The molecule has 0 fully saturated rings. The molecule has 0 saturated heterocycles. The van der Waals surface area contributed by atoms with Gasteiger partial charge < -0.3 is 20.1 Å². The van der Waals surface area contributed by atoms with E-state index in [9.17, 15) is 9.59 Å². The van der Waals surface area contributed by atoms with Crippen LogP contribution in [0.25, 0.3) is 0 Å². The number of amides is 2. The van der Waals surface area contributed by atoms with E-state index in [0.717, 1.165) is 10.0 Å². The predicted octanol–water partition coefficient (Wildman–Crippen LogP) is 3.11. The number of carbonyl (C=O) groups is 2. The van der Waals surface area contributed by atoms with Gasteiger partial charge in [0, 0.05) is 21.9 Å². The second-order valence-corrected chi connectivity index (χ2v) is 6.08. The highest BCUT2D eigenvalue weighted by Gasteiger charge is 2.17. The quantitative estimate of drug-likeness (QED) is 0.772. The molecule has 0 aliphatic carbocycles. The number of halogens is 1. The topological polar surface area (TPSA) is 76.7 Å². The van der Waals surface area contributed by atoms with E-state index in [0.29, 0.717) is 36.1 Å². The second-order valence-electron chi connectivity index (χ2n) is 5.23. The molecule has 124 valence electrons. The lowest BCUT2D eigenvalue weighted by molar-refractivity contribution is -0.133. The minimum atomic E-state index is -0.761. The van der Waals surface area contributed by atoms with Gasteiger partial charge in [-0.2, -0.15) is 0 Å². The van der Waals surface area contributed by atoms with Crippen LogP contribution in [0.5, 0.6) is 11.5 Å². The van der Waals surface area contributed by atoms with Gasteiger partial charge in [0.2, 0.25) is 0 Å². The molecule has 0 radical (unpaired) electrons. The third-order valence-corrected chi connectivity index (χ3v) is 4.29. The number of hydrogen-bond donors (Lipinski definition) is 2. The van der Waals surface area contributed by atoms with Crippen molar-refractivity contribution in [2.45, 2.75) is 6.92 Å². The normalized spacial score (nSPS) is 12.4. The Morgan fingerprint density at radius 2 is 1.50 bits per heavy atom. The van der Waals surface area contributed by atoms with Crippen LogP contribution >= 0.6 is 15.9 Å². The Morgan fingerprint density at radius 3 is 2.17 bits per heavy atom. The number of fused-ring (bicyclic) bond motifs is 1. The SMILES string of the molecule is Cc1ccc(NC(=O)C(=O)Nc2ccc3c(c2)OCCO3)cc1Br. The predicted molar refractivity (Wildman–Crippen MR) is 93.6 cm³/mol. The van der Waals surface area contributed by atoms with Crippen molar-refractivity contribution in [1.82, 2.24) is 0 Å². The minimum Gasteiger partial charge on any atom is -0.486 e. The Bertz CT molecular complexity index is 807. The Kier molecular flexibility index (Phi) is 4.71. The van der Waals surface area contributed by atoms with Crippen LogP contribution in [0, 0.1) is 6.92 Å². The van der Waals surface area contributed by atoms with Gasteiger partial charge in [-0.1, -0.05) is 22.0 Å². The molecule has 1 heterocycles. The monoisotopic (exact) mass is 390 g/mol. The first kappa shape index (κ1) is 16.3. The van der Waals surface area contributed by atoms with Crippen LogP contribution in [0.4, 0.5) is 11.4 Å². The summed E-state index contributed by atoms with van der Waals surface area (Å²) in [5, 5.41) is 5.10. The molecule has 0 spiro atoms. The van der Waals surface area contributed by atoms with Crippen molar-refractivity contribution in [2.24, 2.45) is 0 Å². The Balaban J connectivity index is 1.65. The molecule has 0 atom stereocenters. The number of hydrogen-bond acceptors (Lipinski definition) is 4. The van der Waals surface area contributed by atoms with Gasteiger partial charge in [0.1, 0.15) is 13.2 Å². The smallest absolute Gasteiger partial charge is 0.314 e. The first-order valence-electron chi connectivity index (χ1n) is 7.31. The molecule has 7 heteroatoms. The van der Waals surface area contributed by atoms with Gasteiger partial charge in [0.15, 0.2) is 11.5 Å². The molecular weight excluding hydrogens is 376 g/mol. The number of benzene rings is 2. The maximum absolute atomic E-state index is 12.0. The summed E-state index contributed by atoms with van der Waals surface area (Å²) >= 11 is 3.38. The first-order valence-corrected chi connectivity index (χ1v) is 8.10. The van der Waals surface area contributed by atoms with Gasteiger partial charge >= 0.3 is 11.8 Å². The Hall–Kier alpha value is -2.54. The fraction of sp³-hybridized carbons (Fsp3) is 0.176. The molecule has 2 amide bonds. The zero-order valence-corrected chi connectivity index (χ0v) is 14.5. The maximum atomic E-state index is 12.0. The molecule has 1 aliphatic rings. The van der Waals surface area contributed by atoms with Gasteiger partial charge in [-0.15, -0.1) is 0 Å². The van der Waals surface area contributed by atoms with E-state index < -0.39 is 11.8 Å². The highest BCUT2D eigenvalue weighted by molar-refractivity contribution is 9.10. The van der Waals surface area contributed by atoms with Crippen molar-refractivity contribution >= 4 is 39.1 Å². The molecule has 24 heavy (non-hydrogen) atoms. The molecule has 1 aliphatic heterocycles. The van der Waals surface area contributed by atoms with E-state index in [4.69, 9.17) is 9.47 Å². The number of carbonyl (C=O) groups excluding carboxylic acids is 2. The molecular formula is C17H15BrN2O4. The molecule has 2 aromatic carbocycles. The summed E-state index contributed by atoms with van der Waals surface area (Å²) in [6.07, 6.45) is 0. The number of nitrogens with one attached hydrogen (secondary N) is 2. The summed E-state index contributed by atoms with van der Waals surface area (Å²) in [4.78, 5) is 24.0. The molecule has 2 N–H and O–H groups in total. The van der Waals surface area contributed by atoms with Crippen LogP contribution in [0.1, 0.15) is 5.56 Å². The molecule has 0 unspecified atom stereocenters. The lowest BCUT2D eigenvalue weighted by atomic mass is 10.2. The van der Waals surface area contributed by atoms with E-state index in [1.165, 1.54) is 0 Å². The average Bonchev–Trinajstić information content (AvgIpc) is 2.58. The van der Waals surface area contributed by atoms with Gasteiger partial charge in [-0.3, -0.25) is 9.59 Å². The second kappa shape index (κ2) is 6.92. The molecule has 0 bridgehead atoms. The summed E-state index contributed by atoms with van der Waals surface area (Å²) in [5.41, 5.74) is 2.04. The van der Waals surface area contributed by atoms with Gasteiger partial charge in [-0.05, 0) is 36.8 Å². The highest BCUT2D eigenvalue weighted by atomic mass is 79.9. The maximum Gasteiger partial charge on any atom is 0.314 e. The summed E-state index contributed by atoms with van der Waals surface area (Å²) in [7, 11) is 0. The van der Waals surface area contributed by atoms with Gasteiger partial charge in [0.25, 0.3) is 0 Å². The van der Waals surface area contributed by atoms with Crippen molar-refractivity contribution in [3.8, 4) is 11.5 Å². The summed E-state index contributed by atoms with van der Waals surface area (Å²) < 4.78 is 11.7. The lowest BCUT2D eigenvalue weighted by Gasteiger charge is -2.18. The average molecular weight is 391 g/mol. The van der Waals surface area contributed by atoms with E-state index in [-0.39, 0.29) is 0 Å². The van der Waals surface area contributed by atoms with E-state index in [1.807, 2.05) is 13.0 Å². The number of aryl methyl sites for hydroxylation is 1. The minimum absolute atomic E-state index is 0.452. The third kappa shape index (κ3) is 3.68. The zero-order chi connectivity index (χ0) is 17.1. The van der Waals surface area contributed by atoms with Crippen LogP contribution in [0.3, 0.4) is 0 Å². The van der Waals surface area contributed by atoms with Crippen LogP contribution in [0.15, 0.2) is 40.9 Å². The van der Waals surface area contributed by atoms with Gasteiger partial charge in [-0.25, -0.2) is 0 Å². The van der Waals surface area contributed by atoms with E-state index in [1.54, 1.807) is 30.3 Å². The highest BCUT2D eigenvalue weighted by Crippen LogP contribution is 2.32. The van der Waals surface area contributed by atoms with Crippen LogP contribution in [-0.4, -0.2) is 25.0 Å². The van der Waals surface area contributed by atoms with Crippen LogP contribution < -0.4 is 20.1 Å². The largest absolute Gasteiger partial charge is 0.486 e. The standard InChI is InChI=1S/C17H15BrN2O4/c1-10-2-3-11(8-13(10)18)19-16(21)17(22)20-12-4-5-14-15(9-12)24-7-6-23-14/h2-5,8-9H,6-7H2,1H3,(H,19,21)(H,20,22). The molecule has 3 rings (SSSR count). The summed E-state index contributed by atoms with van der Waals surface area (Å²) in [6.45, 7) is 2.88. The van der Waals surface area contributed by atoms with Gasteiger partial charge in [0.05, 0.1) is 0 Å². The molecule has 0 saturated carbocycles. The number of anilines is 2. The fourth-order valence-corrected chi connectivity index (χ4v) is 2.55.